The molecule has 0 spiro atoms. The molecule has 2 rings (SSSR count). The zero-order valence-electron chi connectivity index (χ0n) is 13.1. The summed E-state index contributed by atoms with van der Waals surface area (Å²) in [6.45, 7) is 7.58. The van der Waals surface area contributed by atoms with Gasteiger partial charge in [-0.15, -0.1) is 0 Å². The van der Waals surface area contributed by atoms with Crippen molar-refractivity contribution in [2.75, 3.05) is 0 Å². The molecule has 0 heterocycles. The van der Waals surface area contributed by atoms with E-state index in [1.54, 1.807) is 0 Å². The molecule has 1 nitrogen and oxygen atoms in total. The van der Waals surface area contributed by atoms with Crippen molar-refractivity contribution in [3.05, 3.63) is 70.2 Å². The number of benzene rings is 2. The van der Waals surface area contributed by atoms with Gasteiger partial charge in [0.15, 0.2) is 0 Å². The third-order valence-corrected chi connectivity index (χ3v) is 4.01. The SMILES string of the molecule is CC(Cc1ccc(Cl)cc1)NCc1ccc(C(C)C)cc1. The third-order valence-electron chi connectivity index (χ3n) is 3.76. The van der Waals surface area contributed by atoms with Gasteiger partial charge in [-0.25, -0.2) is 0 Å². The highest BCUT2D eigenvalue weighted by Crippen LogP contribution is 2.15. The topological polar surface area (TPSA) is 12.0 Å². The van der Waals surface area contributed by atoms with Gasteiger partial charge in [-0.3, -0.25) is 0 Å². The molecule has 0 aliphatic carbocycles. The Labute approximate surface area is 133 Å². The van der Waals surface area contributed by atoms with Gasteiger partial charge in [-0.05, 0) is 48.1 Å². The van der Waals surface area contributed by atoms with E-state index in [4.69, 9.17) is 11.6 Å². The summed E-state index contributed by atoms with van der Waals surface area (Å²) in [4.78, 5) is 0. The second-order valence-corrected chi connectivity index (χ2v) is 6.45. The molecule has 0 saturated carbocycles. The van der Waals surface area contributed by atoms with Crippen LogP contribution in [-0.2, 0) is 13.0 Å². The van der Waals surface area contributed by atoms with Crippen molar-refractivity contribution < 1.29 is 0 Å². The molecule has 2 aromatic rings. The van der Waals surface area contributed by atoms with Gasteiger partial charge in [0.25, 0.3) is 0 Å². The Bertz CT molecular complexity index is 543. The van der Waals surface area contributed by atoms with Gasteiger partial charge in [-0.2, -0.15) is 0 Å². The van der Waals surface area contributed by atoms with Crippen LogP contribution in [-0.4, -0.2) is 6.04 Å². The molecule has 2 heteroatoms. The van der Waals surface area contributed by atoms with E-state index >= 15 is 0 Å². The second-order valence-electron chi connectivity index (χ2n) is 6.01. The lowest BCUT2D eigenvalue weighted by atomic mass is 10.0. The fourth-order valence-corrected chi connectivity index (χ4v) is 2.48. The lowest BCUT2D eigenvalue weighted by molar-refractivity contribution is 0.545. The molecule has 0 radical (unpaired) electrons. The zero-order chi connectivity index (χ0) is 15.2. The minimum Gasteiger partial charge on any atom is -0.310 e. The summed E-state index contributed by atoms with van der Waals surface area (Å²) in [5.74, 6) is 0.593. The minimum absolute atomic E-state index is 0.441. The van der Waals surface area contributed by atoms with Crippen LogP contribution in [0.2, 0.25) is 5.02 Å². The van der Waals surface area contributed by atoms with Crippen LogP contribution in [0.3, 0.4) is 0 Å². The van der Waals surface area contributed by atoms with Crippen LogP contribution in [0.5, 0.6) is 0 Å². The van der Waals surface area contributed by atoms with Gasteiger partial charge < -0.3 is 5.32 Å². The molecule has 0 bridgehead atoms. The Kier molecular flexibility index (Phi) is 5.84. The van der Waals surface area contributed by atoms with Crippen LogP contribution in [0.25, 0.3) is 0 Å². The summed E-state index contributed by atoms with van der Waals surface area (Å²) in [5.41, 5.74) is 4.05. The highest BCUT2D eigenvalue weighted by Gasteiger charge is 2.04. The Balaban J connectivity index is 1.83. The van der Waals surface area contributed by atoms with E-state index in [2.05, 4.69) is 62.5 Å². The van der Waals surface area contributed by atoms with E-state index in [-0.39, 0.29) is 0 Å². The smallest absolute Gasteiger partial charge is 0.0406 e. The first kappa shape index (κ1) is 16.1. The molecule has 1 atom stereocenters. The monoisotopic (exact) mass is 301 g/mol. The Hall–Kier alpha value is -1.31. The van der Waals surface area contributed by atoms with E-state index in [0.717, 1.165) is 18.0 Å². The minimum atomic E-state index is 0.441. The van der Waals surface area contributed by atoms with Gasteiger partial charge in [-0.1, -0.05) is 61.8 Å². The van der Waals surface area contributed by atoms with E-state index < -0.39 is 0 Å². The lowest BCUT2D eigenvalue weighted by Gasteiger charge is -2.14. The van der Waals surface area contributed by atoms with E-state index in [1.165, 1.54) is 16.7 Å². The van der Waals surface area contributed by atoms with Crippen LogP contribution >= 0.6 is 11.6 Å². The fourth-order valence-electron chi connectivity index (χ4n) is 2.36. The lowest BCUT2D eigenvalue weighted by Crippen LogP contribution is -2.27. The quantitative estimate of drug-likeness (QED) is 0.775. The van der Waals surface area contributed by atoms with Gasteiger partial charge >= 0.3 is 0 Å². The van der Waals surface area contributed by atoms with Crippen molar-refractivity contribution in [1.82, 2.24) is 5.32 Å². The van der Waals surface area contributed by atoms with Gasteiger partial charge in [0, 0.05) is 17.6 Å². The molecule has 0 aliphatic rings. The molecule has 112 valence electrons. The van der Waals surface area contributed by atoms with Crippen LogP contribution in [0.4, 0.5) is 0 Å². The summed E-state index contributed by atoms with van der Waals surface area (Å²) < 4.78 is 0. The average molecular weight is 302 g/mol. The molecule has 0 saturated heterocycles. The van der Waals surface area contributed by atoms with Gasteiger partial charge in [0.1, 0.15) is 0 Å². The maximum Gasteiger partial charge on any atom is 0.0406 e. The predicted molar refractivity (Wildman–Crippen MR) is 92.0 cm³/mol. The second kappa shape index (κ2) is 7.63. The predicted octanol–water partition coefficient (Wildman–Crippen LogP) is 5.18. The highest BCUT2D eigenvalue weighted by molar-refractivity contribution is 6.30. The number of hydrogen-bond acceptors (Lipinski definition) is 1. The molecule has 0 aliphatic heterocycles. The van der Waals surface area contributed by atoms with Crippen molar-refractivity contribution in [3.8, 4) is 0 Å². The standard InChI is InChI=1S/C19H24ClN/c1-14(2)18-8-4-17(5-9-18)13-21-15(3)12-16-6-10-19(20)11-7-16/h4-11,14-15,21H,12-13H2,1-3H3. The molecule has 0 amide bonds. The Morgan fingerprint density at radius 3 is 2.00 bits per heavy atom. The van der Waals surface area contributed by atoms with Crippen molar-refractivity contribution in [2.45, 2.75) is 45.7 Å². The number of nitrogens with one attached hydrogen (secondary N) is 1. The third kappa shape index (κ3) is 5.18. The van der Waals surface area contributed by atoms with E-state index in [0.29, 0.717) is 12.0 Å². The van der Waals surface area contributed by atoms with E-state index in [1.807, 2.05) is 12.1 Å². The fraction of sp³-hybridized carbons (Fsp3) is 0.368. The molecule has 2 aromatic carbocycles. The Morgan fingerprint density at radius 2 is 1.43 bits per heavy atom. The largest absolute Gasteiger partial charge is 0.310 e. The summed E-state index contributed by atoms with van der Waals surface area (Å²) >= 11 is 5.91. The summed E-state index contributed by atoms with van der Waals surface area (Å²) in [7, 11) is 0. The van der Waals surface area contributed by atoms with Crippen LogP contribution in [0, 0.1) is 0 Å². The maximum atomic E-state index is 5.91. The average Bonchev–Trinajstić information content (AvgIpc) is 2.48. The summed E-state index contributed by atoms with van der Waals surface area (Å²) in [6.07, 6.45) is 1.02. The van der Waals surface area contributed by atoms with E-state index in [9.17, 15) is 0 Å². The molecular weight excluding hydrogens is 278 g/mol. The first-order chi connectivity index (χ1) is 10.0. The number of rotatable bonds is 6. The first-order valence-electron chi connectivity index (χ1n) is 7.61. The van der Waals surface area contributed by atoms with Gasteiger partial charge in [0.2, 0.25) is 0 Å². The molecule has 0 aromatic heterocycles. The van der Waals surface area contributed by atoms with Crippen molar-refractivity contribution in [1.29, 1.82) is 0 Å². The highest BCUT2D eigenvalue weighted by atomic mass is 35.5. The molecule has 21 heavy (non-hydrogen) atoms. The first-order valence-corrected chi connectivity index (χ1v) is 7.99. The summed E-state index contributed by atoms with van der Waals surface area (Å²) in [5, 5.41) is 4.37. The van der Waals surface area contributed by atoms with Crippen molar-refractivity contribution >= 4 is 11.6 Å². The molecule has 0 fully saturated rings. The van der Waals surface area contributed by atoms with Crippen LogP contribution in [0.1, 0.15) is 43.4 Å². The molecular formula is C19H24ClN. The normalized spacial score (nSPS) is 12.6. The van der Waals surface area contributed by atoms with Gasteiger partial charge in [0.05, 0.1) is 0 Å². The number of hydrogen-bond donors (Lipinski definition) is 1. The van der Waals surface area contributed by atoms with Crippen LogP contribution in [0.15, 0.2) is 48.5 Å². The molecule has 1 unspecified atom stereocenters. The zero-order valence-corrected chi connectivity index (χ0v) is 13.8. The van der Waals surface area contributed by atoms with Crippen molar-refractivity contribution in [2.24, 2.45) is 0 Å². The van der Waals surface area contributed by atoms with Crippen molar-refractivity contribution in [3.63, 3.8) is 0 Å². The molecule has 1 N–H and O–H groups in total. The van der Waals surface area contributed by atoms with Crippen LogP contribution < -0.4 is 5.32 Å². The Morgan fingerprint density at radius 1 is 0.857 bits per heavy atom. The maximum absolute atomic E-state index is 5.91. The summed E-state index contributed by atoms with van der Waals surface area (Å²) in [6, 6.07) is 17.4. The number of halogens is 1.